The molecule has 0 fully saturated rings. The smallest absolute Gasteiger partial charge is 0.462 e. The molecule has 2 unspecified atom stereocenters. The van der Waals surface area contributed by atoms with Crippen molar-refractivity contribution in [2.24, 2.45) is 11.8 Å². The first-order valence-corrected chi connectivity index (χ1v) is 41.5. The number of hydrogen-bond donors (Lipinski definition) is 3. The summed E-state index contributed by atoms with van der Waals surface area (Å²) in [6, 6.07) is 0. The van der Waals surface area contributed by atoms with Crippen LogP contribution in [0.1, 0.15) is 382 Å². The van der Waals surface area contributed by atoms with E-state index >= 15 is 0 Å². The number of aliphatic hydroxyl groups excluding tert-OH is 1. The molecule has 0 aromatic rings. The Balaban J connectivity index is 5.24. The van der Waals surface area contributed by atoms with Crippen LogP contribution in [0.5, 0.6) is 0 Å². The zero-order valence-electron chi connectivity index (χ0n) is 60.6. The van der Waals surface area contributed by atoms with Gasteiger partial charge in [-0.1, -0.05) is 330 Å². The van der Waals surface area contributed by atoms with E-state index in [1.165, 1.54) is 199 Å². The Morgan fingerprint density at radius 1 is 0.290 bits per heavy atom. The molecule has 0 aliphatic rings. The first kappa shape index (κ1) is 91.1. The van der Waals surface area contributed by atoms with Gasteiger partial charge in [0.25, 0.3) is 0 Å². The summed E-state index contributed by atoms with van der Waals surface area (Å²) in [5, 5.41) is 10.6. The highest BCUT2D eigenvalue weighted by Crippen LogP contribution is 2.45. The second kappa shape index (κ2) is 66.0. The molecule has 0 rings (SSSR count). The Morgan fingerprint density at radius 3 is 0.731 bits per heavy atom. The van der Waals surface area contributed by atoms with Gasteiger partial charge in [0, 0.05) is 25.7 Å². The predicted octanol–water partition coefficient (Wildman–Crippen LogP) is 21.6. The van der Waals surface area contributed by atoms with Gasteiger partial charge in [0.1, 0.15) is 19.3 Å². The average Bonchev–Trinajstić information content (AvgIpc) is 1.74. The summed E-state index contributed by atoms with van der Waals surface area (Å²) in [6.07, 6.45) is 52.7. The van der Waals surface area contributed by atoms with Crippen LogP contribution in [-0.2, 0) is 65.4 Å². The zero-order chi connectivity index (χ0) is 68.6. The van der Waals surface area contributed by atoms with Crippen LogP contribution in [0.25, 0.3) is 0 Å². The standard InChI is InChI=1S/C74H144O17P2/c1-7-9-11-13-15-17-19-20-21-25-28-32-39-45-51-57-72(77)85-62-69(90-73(78)58-52-46-40-33-29-26-23-22-24-27-30-36-42-48-54-66(3)4)64-88-92(80,81)86-60-68(75)61-87-93(82,83)89-65-70(63-84-71(76)56-50-44-38-31-18-16-14-12-10-8-2)91-74(79)59-53-47-41-35-34-37-43-49-55-67(5)6/h66-70,75H,7-65H2,1-6H3,(H,80,81)(H,82,83)/t68-,69-,70-/m1/s1. The van der Waals surface area contributed by atoms with E-state index in [1.54, 1.807) is 0 Å². The fourth-order valence-corrected chi connectivity index (χ4v) is 12.9. The average molecular weight is 1370 g/mol. The van der Waals surface area contributed by atoms with Crippen molar-refractivity contribution < 1.29 is 80.2 Å². The number of carbonyl (C=O) groups excluding carboxylic acids is 4. The second-order valence-electron chi connectivity index (χ2n) is 27.6. The lowest BCUT2D eigenvalue weighted by Crippen LogP contribution is -2.30. The van der Waals surface area contributed by atoms with E-state index in [0.29, 0.717) is 25.7 Å². The summed E-state index contributed by atoms with van der Waals surface area (Å²) in [5.74, 6) is -0.605. The molecule has 93 heavy (non-hydrogen) atoms. The highest BCUT2D eigenvalue weighted by molar-refractivity contribution is 7.47. The number of phosphoric ester groups is 2. The third kappa shape index (κ3) is 68.4. The van der Waals surface area contributed by atoms with E-state index in [0.717, 1.165) is 102 Å². The number of phosphoric acid groups is 2. The fourth-order valence-electron chi connectivity index (χ4n) is 11.3. The summed E-state index contributed by atoms with van der Waals surface area (Å²) in [5.41, 5.74) is 0. The molecule has 0 aliphatic heterocycles. The molecule has 0 heterocycles. The summed E-state index contributed by atoms with van der Waals surface area (Å²) >= 11 is 0. The van der Waals surface area contributed by atoms with Gasteiger partial charge in [0.05, 0.1) is 26.4 Å². The predicted molar refractivity (Wildman–Crippen MR) is 377 cm³/mol. The second-order valence-corrected chi connectivity index (χ2v) is 30.5. The lowest BCUT2D eigenvalue weighted by atomic mass is 10.0. The Hall–Kier alpha value is -1.94. The third-order valence-electron chi connectivity index (χ3n) is 17.2. The van der Waals surface area contributed by atoms with Gasteiger partial charge in [-0.25, -0.2) is 9.13 Å². The van der Waals surface area contributed by atoms with Crippen LogP contribution in [0.3, 0.4) is 0 Å². The maximum atomic E-state index is 13.1. The Bertz CT molecular complexity index is 1800. The van der Waals surface area contributed by atoms with Crippen molar-refractivity contribution in [1.82, 2.24) is 0 Å². The zero-order valence-corrected chi connectivity index (χ0v) is 62.3. The Labute approximate surface area is 568 Å². The number of rotatable bonds is 73. The largest absolute Gasteiger partial charge is 0.472 e. The van der Waals surface area contributed by atoms with Gasteiger partial charge in [-0.2, -0.15) is 0 Å². The molecule has 552 valence electrons. The lowest BCUT2D eigenvalue weighted by Gasteiger charge is -2.21. The van der Waals surface area contributed by atoms with Gasteiger partial charge >= 0.3 is 39.5 Å². The Morgan fingerprint density at radius 2 is 0.495 bits per heavy atom. The summed E-state index contributed by atoms with van der Waals surface area (Å²) < 4.78 is 68.4. The van der Waals surface area contributed by atoms with Gasteiger partial charge in [-0.3, -0.25) is 37.3 Å². The number of carbonyl (C=O) groups is 4. The first-order chi connectivity index (χ1) is 44.9. The molecule has 0 aliphatic carbocycles. The maximum Gasteiger partial charge on any atom is 0.472 e. The van der Waals surface area contributed by atoms with Crippen LogP contribution in [0, 0.1) is 11.8 Å². The quantitative estimate of drug-likeness (QED) is 0.0222. The van der Waals surface area contributed by atoms with Crippen molar-refractivity contribution in [3.63, 3.8) is 0 Å². The van der Waals surface area contributed by atoms with Crippen LogP contribution >= 0.6 is 15.6 Å². The van der Waals surface area contributed by atoms with Crippen molar-refractivity contribution in [3.8, 4) is 0 Å². The molecular weight excluding hydrogens is 1220 g/mol. The molecule has 0 saturated carbocycles. The number of unbranched alkanes of at least 4 members (excludes halogenated alkanes) is 43. The van der Waals surface area contributed by atoms with E-state index in [4.69, 9.17) is 37.0 Å². The molecule has 0 spiro atoms. The molecule has 19 heteroatoms. The number of ether oxygens (including phenoxy) is 4. The molecule has 0 aromatic heterocycles. The highest BCUT2D eigenvalue weighted by atomic mass is 31.2. The molecular formula is C74H144O17P2. The van der Waals surface area contributed by atoms with E-state index in [9.17, 15) is 43.2 Å². The van der Waals surface area contributed by atoms with E-state index in [1.807, 2.05) is 0 Å². The van der Waals surface area contributed by atoms with Crippen molar-refractivity contribution in [3.05, 3.63) is 0 Å². The minimum atomic E-state index is -4.96. The molecule has 3 N–H and O–H groups in total. The van der Waals surface area contributed by atoms with Gasteiger partial charge in [-0.15, -0.1) is 0 Å². The van der Waals surface area contributed by atoms with Gasteiger partial charge in [-0.05, 0) is 37.5 Å². The van der Waals surface area contributed by atoms with E-state index < -0.39 is 97.5 Å². The summed E-state index contributed by atoms with van der Waals surface area (Å²) in [4.78, 5) is 72.7. The third-order valence-corrected chi connectivity index (χ3v) is 19.1. The fraction of sp³-hybridized carbons (Fsp3) is 0.946. The SMILES string of the molecule is CCCCCCCCCCCCCCCCCC(=O)OC[C@H](COP(=O)(O)OC[C@@H](O)COP(=O)(O)OC[C@@H](COC(=O)CCCCCCCCCCCC)OC(=O)CCCCCCCCCCC(C)C)OC(=O)CCCCCCCCCCCCCCCCC(C)C. The molecule has 0 amide bonds. The summed E-state index contributed by atoms with van der Waals surface area (Å²) in [6.45, 7) is 9.56. The first-order valence-electron chi connectivity index (χ1n) is 38.5. The molecule has 0 bridgehead atoms. The molecule has 5 atom stereocenters. The van der Waals surface area contributed by atoms with Gasteiger partial charge in [0.15, 0.2) is 12.2 Å². The van der Waals surface area contributed by atoms with Gasteiger partial charge < -0.3 is 33.8 Å². The van der Waals surface area contributed by atoms with Gasteiger partial charge in [0.2, 0.25) is 0 Å². The molecule has 0 saturated heterocycles. The molecule has 17 nitrogen and oxygen atoms in total. The maximum absolute atomic E-state index is 13.1. The van der Waals surface area contributed by atoms with Crippen molar-refractivity contribution in [2.45, 2.75) is 400 Å². The van der Waals surface area contributed by atoms with Crippen molar-refractivity contribution >= 4 is 39.5 Å². The van der Waals surface area contributed by atoms with Crippen molar-refractivity contribution in [2.75, 3.05) is 39.6 Å². The van der Waals surface area contributed by atoms with E-state index in [2.05, 4.69) is 41.5 Å². The van der Waals surface area contributed by atoms with Crippen LogP contribution in [0.2, 0.25) is 0 Å². The number of hydrogen-bond acceptors (Lipinski definition) is 15. The molecule has 0 radical (unpaired) electrons. The van der Waals surface area contributed by atoms with Crippen LogP contribution < -0.4 is 0 Å². The van der Waals surface area contributed by atoms with Crippen molar-refractivity contribution in [1.29, 1.82) is 0 Å². The topological polar surface area (TPSA) is 237 Å². The monoisotopic (exact) mass is 1370 g/mol. The normalized spacial score (nSPS) is 14.1. The Kier molecular flexibility index (Phi) is 64.6. The number of esters is 4. The minimum absolute atomic E-state index is 0.105. The van der Waals surface area contributed by atoms with Crippen LogP contribution in [0.15, 0.2) is 0 Å². The van der Waals surface area contributed by atoms with E-state index in [-0.39, 0.29) is 25.7 Å². The molecule has 0 aromatic carbocycles. The van der Waals surface area contributed by atoms with Crippen LogP contribution in [-0.4, -0.2) is 96.7 Å². The minimum Gasteiger partial charge on any atom is -0.462 e. The lowest BCUT2D eigenvalue weighted by molar-refractivity contribution is -0.161. The summed E-state index contributed by atoms with van der Waals surface area (Å²) in [7, 11) is -9.91. The highest BCUT2D eigenvalue weighted by Gasteiger charge is 2.30. The van der Waals surface area contributed by atoms with Crippen LogP contribution in [0.4, 0.5) is 0 Å². The number of aliphatic hydroxyl groups is 1.